The molecule has 0 aliphatic heterocycles. The van der Waals surface area contributed by atoms with E-state index in [0.29, 0.717) is 18.9 Å². The molecule has 0 amide bonds. The molecule has 1 heterocycles. The lowest BCUT2D eigenvalue weighted by Gasteiger charge is -2.05. The third-order valence-corrected chi connectivity index (χ3v) is 2.20. The lowest BCUT2D eigenvalue weighted by atomic mass is 10.5. The van der Waals surface area contributed by atoms with Crippen LogP contribution in [0.15, 0.2) is 12.3 Å². The molecule has 1 aromatic rings. The van der Waals surface area contributed by atoms with Crippen LogP contribution in [0.3, 0.4) is 0 Å². The second-order valence-corrected chi connectivity index (χ2v) is 4.73. The van der Waals surface area contributed by atoms with Gasteiger partial charge in [-0.1, -0.05) is 0 Å². The van der Waals surface area contributed by atoms with Gasteiger partial charge in [0.1, 0.15) is 5.82 Å². The smallest absolute Gasteiger partial charge is 0.221 e. The largest absolute Gasteiger partial charge is 0.369 e. The van der Waals surface area contributed by atoms with Gasteiger partial charge in [0.15, 0.2) is 0 Å². The summed E-state index contributed by atoms with van der Waals surface area (Å²) < 4.78 is 23.8. The highest BCUT2D eigenvalue weighted by atomic mass is 32.2. The molecule has 7 nitrogen and oxygen atoms in total. The van der Waals surface area contributed by atoms with Gasteiger partial charge < -0.3 is 11.1 Å². The van der Waals surface area contributed by atoms with E-state index in [1.54, 1.807) is 6.07 Å². The van der Waals surface area contributed by atoms with E-state index in [1.165, 1.54) is 6.20 Å². The third-order valence-electron chi connectivity index (χ3n) is 1.47. The molecule has 8 heteroatoms. The number of hydrogen-bond donors (Lipinski definition) is 3. The lowest BCUT2D eigenvalue weighted by molar-refractivity contribution is 0.589. The van der Waals surface area contributed by atoms with Crippen LogP contribution in [0.1, 0.15) is 0 Å². The number of sulfonamides is 1. The fourth-order valence-corrected chi connectivity index (χ4v) is 1.37. The van der Waals surface area contributed by atoms with Crippen LogP contribution in [0.4, 0.5) is 11.8 Å². The first-order valence-electron chi connectivity index (χ1n) is 4.24. The average Bonchev–Trinajstić information content (AvgIpc) is 2.11. The second kappa shape index (κ2) is 4.89. The molecule has 0 unspecified atom stereocenters. The summed E-state index contributed by atoms with van der Waals surface area (Å²) in [4.78, 5) is 7.61. The summed E-state index contributed by atoms with van der Waals surface area (Å²) in [7, 11) is -3.13. The van der Waals surface area contributed by atoms with Gasteiger partial charge in [-0.2, -0.15) is 4.98 Å². The molecule has 0 saturated carbocycles. The summed E-state index contributed by atoms with van der Waals surface area (Å²) in [6, 6.07) is 1.65. The Balaban J connectivity index is 2.32. The van der Waals surface area contributed by atoms with E-state index in [1.807, 2.05) is 0 Å². The molecule has 0 fully saturated rings. The predicted octanol–water partition coefficient (Wildman–Crippen LogP) is -0.980. The number of hydrogen-bond acceptors (Lipinski definition) is 6. The highest BCUT2D eigenvalue weighted by molar-refractivity contribution is 7.88. The van der Waals surface area contributed by atoms with Crippen molar-refractivity contribution in [1.82, 2.24) is 14.7 Å². The normalized spacial score (nSPS) is 11.3. The zero-order valence-electron chi connectivity index (χ0n) is 8.27. The van der Waals surface area contributed by atoms with Gasteiger partial charge in [-0.3, -0.25) is 0 Å². The Morgan fingerprint density at radius 1 is 1.47 bits per heavy atom. The average molecular weight is 231 g/mol. The lowest BCUT2D eigenvalue weighted by Crippen LogP contribution is -2.27. The molecule has 84 valence electrons. The van der Waals surface area contributed by atoms with Crippen LogP contribution in [0, 0.1) is 0 Å². The number of anilines is 2. The molecule has 15 heavy (non-hydrogen) atoms. The summed E-state index contributed by atoms with van der Waals surface area (Å²) in [5.74, 6) is 0.744. The van der Waals surface area contributed by atoms with Gasteiger partial charge in [0, 0.05) is 19.3 Å². The highest BCUT2D eigenvalue weighted by Crippen LogP contribution is 2.01. The van der Waals surface area contributed by atoms with Gasteiger partial charge in [-0.15, -0.1) is 0 Å². The molecular weight excluding hydrogens is 218 g/mol. The zero-order chi connectivity index (χ0) is 11.3. The van der Waals surface area contributed by atoms with Crippen molar-refractivity contribution in [1.29, 1.82) is 0 Å². The van der Waals surface area contributed by atoms with E-state index in [4.69, 9.17) is 5.73 Å². The van der Waals surface area contributed by atoms with Crippen molar-refractivity contribution < 1.29 is 8.42 Å². The first-order valence-corrected chi connectivity index (χ1v) is 6.13. The summed E-state index contributed by atoms with van der Waals surface area (Å²) >= 11 is 0. The van der Waals surface area contributed by atoms with E-state index in [9.17, 15) is 8.42 Å². The van der Waals surface area contributed by atoms with Crippen LogP contribution in [0.25, 0.3) is 0 Å². The van der Waals surface area contributed by atoms with Gasteiger partial charge >= 0.3 is 0 Å². The summed E-state index contributed by atoms with van der Waals surface area (Å²) in [6.07, 6.45) is 2.63. The Hall–Kier alpha value is -1.41. The summed E-state index contributed by atoms with van der Waals surface area (Å²) in [5, 5.41) is 2.90. The maximum atomic E-state index is 10.7. The van der Waals surface area contributed by atoms with Gasteiger partial charge in [0.05, 0.1) is 6.26 Å². The molecular formula is C7H13N5O2S. The molecule has 1 rings (SSSR count). The first-order chi connectivity index (χ1) is 6.97. The van der Waals surface area contributed by atoms with Gasteiger partial charge in [0.2, 0.25) is 16.0 Å². The van der Waals surface area contributed by atoms with Crippen molar-refractivity contribution in [3.63, 3.8) is 0 Å². The maximum absolute atomic E-state index is 10.7. The molecule has 0 bridgehead atoms. The molecule has 0 aliphatic carbocycles. The molecule has 0 aliphatic rings. The zero-order valence-corrected chi connectivity index (χ0v) is 9.08. The third kappa shape index (κ3) is 5.13. The van der Waals surface area contributed by atoms with Crippen molar-refractivity contribution in [2.45, 2.75) is 0 Å². The van der Waals surface area contributed by atoms with Crippen LogP contribution in [0.2, 0.25) is 0 Å². The van der Waals surface area contributed by atoms with Gasteiger partial charge in [-0.05, 0) is 6.07 Å². The summed E-state index contributed by atoms with van der Waals surface area (Å²) in [6.45, 7) is 0.728. The van der Waals surface area contributed by atoms with Crippen molar-refractivity contribution in [3.05, 3.63) is 12.3 Å². The van der Waals surface area contributed by atoms with Gasteiger partial charge in [0.25, 0.3) is 0 Å². The Morgan fingerprint density at radius 3 is 2.80 bits per heavy atom. The molecule has 1 aromatic heterocycles. The predicted molar refractivity (Wildman–Crippen MR) is 57.8 cm³/mol. The maximum Gasteiger partial charge on any atom is 0.221 e. The Kier molecular flexibility index (Phi) is 3.81. The number of nitrogens with one attached hydrogen (secondary N) is 2. The fourth-order valence-electron chi connectivity index (χ4n) is 0.899. The number of aromatic nitrogens is 2. The van der Waals surface area contributed by atoms with Crippen LogP contribution in [0.5, 0.6) is 0 Å². The Bertz CT molecular complexity index is 419. The van der Waals surface area contributed by atoms with E-state index < -0.39 is 10.0 Å². The van der Waals surface area contributed by atoms with E-state index in [-0.39, 0.29) is 5.95 Å². The standard InChI is InChI=1S/C7H13N5O2S/c1-15(13,14)11-5-4-9-6-2-3-10-7(8)12-6/h2-3,11H,4-5H2,1H3,(H3,8,9,10,12). The first kappa shape index (κ1) is 11.7. The van der Waals surface area contributed by atoms with E-state index in [0.717, 1.165) is 6.26 Å². The molecule has 0 radical (unpaired) electrons. The minimum Gasteiger partial charge on any atom is -0.369 e. The molecule has 0 atom stereocenters. The number of nitrogens with zero attached hydrogens (tertiary/aromatic N) is 2. The second-order valence-electron chi connectivity index (χ2n) is 2.89. The van der Waals surface area contributed by atoms with Crippen LogP contribution in [-0.2, 0) is 10.0 Å². The van der Waals surface area contributed by atoms with Crippen molar-refractivity contribution in [2.24, 2.45) is 0 Å². The van der Waals surface area contributed by atoms with E-state index >= 15 is 0 Å². The molecule has 4 N–H and O–H groups in total. The number of rotatable bonds is 5. The Labute approximate surface area is 88.2 Å². The monoisotopic (exact) mass is 231 g/mol. The molecule has 0 spiro atoms. The van der Waals surface area contributed by atoms with Gasteiger partial charge in [-0.25, -0.2) is 18.1 Å². The van der Waals surface area contributed by atoms with Crippen LogP contribution < -0.4 is 15.8 Å². The SMILES string of the molecule is CS(=O)(=O)NCCNc1ccnc(N)n1. The minimum absolute atomic E-state index is 0.177. The molecule has 0 saturated heterocycles. The quantitative estimate of drug-likeness (QED) is 0.562. The number of nitrogens with two attached hydrogens (primary N) is 1. The van der Waals surface area contributed by atoms with Crippen molar-refractivity contribution >= 4 is 21.8 Å². The van der Waals surface area contributed by atoms with E-state index in [2.05, 4.69) is 20.0 Å². The Morgan fingerprint density at radius 2 is 2.20 bits per heavy atom. The van der Waals surface area contributed by atoms with Crippen LogP contribution in [-0.4, -0.2) is 37.7 Å². The molecule has 0 aromatic carbocycles. The number of nitrogen functional groups attached to an aromatic ring is 1. The van der Waals surface area contributed by atoms with Crippen molar-refractivity contribution in [2.75, 3.05) is 30.4 Å². The summed E-state index contributed by atoms with van der Waals surface area (Å²) in [5.41, 5.74) is 5.36. The fraction of sp³-hybridized carbons (Fsp3) is 0.429. The minimum atomic E-state index is -3.13. The highest BCUT2D eigenvalue weighted by Gasteiger charge is 1.99. The van der Waals surface area contributed by atoms with Crippen LogP contribution >= 0.6 is 0 Å². The van der Waals surface area contributed by atoms with Crippen molar-refractivity contribution in [3.8, 4) is 0 Å². The topological polar surface area (TPSA) is 110 Å².